The second kappa shape index (κ2) is 6.02. The van der Waals surface area contributed by atoms with E-state index in [9.17, 15) is 9.18 Å². The fourth-order valence-corrected chi connectivity index (χ4v) is 2.42. The standard InChI is InChI=1S/C18H17FN4O/c1-18(2)10-16(24)23(22(18)3)17-20-11-14(12-21-17)5-4-13-6-8-15(19)9-7-13/h6-9,11-12H,10H2,1-3H3. The van der Waals surface area contributed by atoms with E-state index < -0.39 is 0 Å². The van der Waals surface area contributed by atoms with E-state index in [2.05, 4.69) is 21.8 Å². The summed E-state index contributed by atoms with van der Waals surface area (Å²) in [6, 6.07) is 5.94. The van der Waals surface area contributed by atoms with Gasteiger partial charge in [0.25, 0.3) is 0 Å². The van der Waals surface area contributed by atoms with Crippen molar-refractivity contribution >= 4 is 11.9 Å². The number of amides is 1. The Morgan fingerprint density at radius 3 is 2.21 bits per heavy atom. The van der Waals surface area contributed by atoms with Crippen molar-refractivity contribution in [1.82, 2.24) is 15.0 Å². The van der Waals surface area contributed by atoms with Gasteiger partial charge in [-0.2, -0.15) is 0 Å². The summed E-state index contributed by atoms with van der Waals surface area (Å²) in [5.74, 6) is 5.85. The van der Waals surface area contributed by atoms with E-state index in [0.29, 0.717) is 23.5 Å². The second-order valence-electron chi connectivity index (χ2n) is 6.25. The summed E-state index contributed by atoms with van der Waals surface area (Å²) in [5, 5.41) is 3.33. The lowest BCUT2D eigenvalue weighted by molar-refractivity contribution is -0.118. The van der Waals surface area contributed by atoms with Crippen molar-refractivity contribution < 1.29 is 9.18 Å². The van der Waals surface area contributed by atoms with Crippen LogP contribution in [0.15, 0.2) is 36.7 Å². The van der Waals surface area contributed by atoms with Crippen LogP contribution in [0, 0.1) is 17.7 Å². The molecule has 0 saturated carbocycles. The minimum Gasteiger partial charge on any atom is -0.273 e. The highest BCUT2D eigenvalue weighted by molar-refractivity contribution is 5.93. The molecule has 1 amide bonds. The normalized spacial score (nSPS) is 16.8. The molecule has 5 nitrogen and oxygen atoms in total. The number of hydrazine groups is 1. The maximum atomic E-state index is 12.9. The molecule has 1 saturated heterocycles. The van der Waals surface area contributed by atoms with Crippen LogP contribution in [0.2, 0.25) is 0 Å². The number of carbonyl (C=O) groups excluding carboxylic acids is 1. The molecular weight excluding hydrogens is 307 g/mol. The Morgan fingerprint density at radius 2 is 1.67 bits per heavy atom. The maximum absolute atomic E-state index is 12.9. The molecule has 0 N–H and O–H groups in total. The second-order valence-corrected chi connectivity index (χ2v) is 6.25. The Labute approximate surface area is 140 Å². The van der Waals surface area contributed by atoms with Gasteiger partial charge in [0.2, 0.25) is 11.9 Å². The molecule has 0 aliphatic carbocycles. The van der Waals surface area contributed by atoms with E-state index in [0.717, 1.165) is 0 Å². The molecule has 2 heterocycles. The van der Waals surface area contributed by atoms with Gasteiger partial charge in [0.1, 0.15) is 5.82 Å². The predicted octanol–water partition coefficient (Wildman–Crippen LogP) is 2.38. The summed E-state index contributed by atoms with van der Waals surface area (Å²) in [7, 11) is 1.84. The largest absolute Gasteiger partial charge is 0.273 e. The quantitative estimate of drug-likeness (QED) is 0.756. The van der Waals surface area contributed by atoms with Crippen LogP contribution >= 0.6 is 0 Å². The molecule has 0 spiro atoms. The van der Waals surface area contributed by atoms with Gasteiger partial charge in [-0.15, -0.1) is 0 Å². The molecule has 3 rings (SSSR count). The highest BCUT2D eigenvalue weighted by Crippen LogP contribution is 2.30. The lowest BCUT2D eigenvalue weighted by Crippen LogP contribution is -2.45. The Balaban J connectivity index is 1.79. The lowest BCUT2D eigenvalue weighted by atomic mass is 10.0. The molecule has 122 valence electrons. The lowest BCUT2D eigenvalue weighted by Gasteiger charge is -2.31. The van der Waals surface area contributed by atoms with Crippen molar-refractivity contribution in [2.75, 3.05) is 12.1 Å². The SMILES string of the molecule is CN1N(c2ncc(C#Cc3ccc(F)cc3)cn2)C(=O)CC1(C)C. The average molecular weight is 324 g/mol. The van der Waals surface area contributed by atoms with E-state index >= 15 is 0 Å². The van der Waals surface area contributed by atoms with Crippen LogP contribution < -0.4 is 5.01 Å². The van der Waals surface area contributed by atoms with E-state index in [-0.39, 0.29) is 17.3 Å². The molecule has 0 atom stereocenters. The number of rotatable bonds is 1. The van der Waals surface area contributed by atoms with Crippen LogP contribution in [0.25, 0.3) is 0 Å². The molecule has 1 aliphatic heterocycles. The van der Waals surface area contributed by atoms with Gasteiger partial charge in [0.15, 0.2) is 0 Å². The van der Waals surface area contributed by atoms with Crippen molar-refractivity contribution in [3.05, 3.63) is 53.6 Å². The fraction of sp³-hybridized carbons (Fsp3) is 0.278. The Hall–Kier alpha value is -2.78. The van der Waals surface area contributed by atoms with Gasteiger partial charge in [0, 0.05) is 37.0 Å². The maximum Gasteiger partial charge on any atom is 0.247 e. The van der Waals surface area contributed by atoms with Gasteiger partial charge in [-0.3, -0.25) is 4.79 Å². The average Bonchev–Trinajstić information content (AvgIpc) is 2.75. The van der Waals surface area contributed by atoms with E-state index in [1.165, 1.54) is 17.1 Å². The summed E-state index contributed by atoms with van der Waals surface area (Å²) in [6.07, 6.45) is 3.57. The Morgan fingerprint density at radius 1 is 1.08 bits per heavy atom. The highest BCUT2D eigenvalue weighted by Gasteiger charge is 2.43. The van der Waals surface area contributed by atoms with Crippen molar-refractivity contribution in [3.63, 3.8) is 0 Å². The van der Waals surface area contributed by atoms with Crippen molar-refractivity contribution in [1.29, 1.82) is 0 Å². The van der Waals surface area contributed by atoms with Crippen molar-refractivity contribution in [3.8, 4) is 11.8 Å². The number of benzene rings is 1. The molecule has 0 unspecified atom stereocenters. The predicted molar refractivity (Wildman–Crippen MR) is 88.4 cm³/mol. The van der Waals surface area contributed by atoms with Crippen LogP contribution in [0.5, 0.6) is 0 Å². The summed E-state index contributed by atoms with van der Waals surface area (Å²) in [5.41, 5.74) is 1.06. The van der Waals surface area contributed by atoms with E-state index in [1.807, 2.05) is 25.9 Å². The third kappa shape index (κ3) is 3.12. The highest BCUT2D eigenvalue weighted by atomic mass is 19.1. The van der Waals surface area contributed by atoms with Crippen LogP contribution in [0.1, 0.15) is 31.4 Å². The summed E-state index contributed by atoms with van der Waals surface area (Å²) >= 11 is 0. The summed E-state index contributed by atoms with van der Waals surface area (Å²) in [6.45, 7) is 3.99. The molecule has 1 aromatic carbocycles. The van der Waals surface area contributed by atoms with Gasteiger partial charge < -0.3 is 0 Å². The number of carbonyl (C=O) groups is 1. The van der Waals surface area contributed by atoms with Gasteiger partial charge in [0.05, 0.1) is 5.56 Å². The molecular formula is C18H17FN4O. The zero-order chi connectivity index (χ0) is 17.3. The number of nitrogens with zero attached hydrogens (tertiary/aromatic N) is 4. The Bertz CT molecular complexity index is 819. The summed E-state index contributed by atoms with van der Waals surface area (Å²) < 4.78 is 12.9. The molecule has 1 aromatic heterocycles. The summed E-state index contributed by atoms with van der Waals surface area (Å²) in [4.78, 5) is 20.7. The van der Waals surface area contributed by atoms with Crippen molar-refractivity contribution in [2.45, 2.75) is 25.8 Å². The van der Waals surface area contributed by atoms with Gasteiger partial charge in [-0.25, -0.2) is 24.4 Å². The smallest absolute Gasteiger partial charge is 0.247 e. The first-order valence-corrected chi connectivity index (χ1v) is 7.53. The number of anilines is 1. The molecule has 24 heavy (non-hydrogen) atoms. The zero-order valence-electron chi connectivity index (χ0n) is 13.7. The first-order valence-electron chi connectivity index (χ1n) is 7.53. The van der Waals surface area contributed by atoms with E-state index in [4.69, 9.17) is 0 Å². The van der Waals surface area contributed by atoms with Crippen LogP contribution in [-0.2, 0) is 4.79 Å². The number of hydrogen-bond donors (Lipinski definition) is 0. The van der Waals surface area contributed by atoms with E-state index in [1.54, 1.807) is 24.5 Å². The molecule has 2 aromatic rings. The van der Waals surface area contributed by atoms with Crippen LogP contribution in [-0.4, -0.2) is 33.5 Å². The topological polar surface area (TPSA) is 49.3 Å². The number of halogens is 1. The molecule has 0 bridgehead atoms. The monoisotopic (exact) mass is 324 g/mol. The molecule has 1 fully saturated rings. The number of aromatic nitrogens is 2. The molecule has 1 aliphatic rings. The fourth-order valence-electron chi connectivity index (χ4n) is 2.42. The first kappa shape index (κ1) is 16.1. The zero-order valence-corrected chi connectivity index (χ0v) is 13.7. The minimum atomic E-state index is -0.296. The first-order chi connectivity index (χ1) is 11.4. The third-order valence-electron chi connectivity index (χ3n) is 4.02. The van der Waals surface area contributed by atoms with Gasteiger partial charge in [-0.05, 0) is 38.1 Å². The molecule has 0 radical (unpaired) electrons. The van der Waals surface area contributed by atoms with Gasteiger partial charge in [-0.1, -0.05) is 11.8 Å². The molecule has 6 heteroatoms. The van der Waals surface area contributed by atoms with Crippen LogP contribution in [0.4, 0.5) is 10.3 Å². The third-order valence-corrected chi connectivity index (χ3v) is 4.02. The van der Waals surface area contributed by atoms with Crippen LogP contribution in [0.3, 0.4) is 0 Å². The minimum absolute atomic E-state index is 0.0346. The Kier molecular flexibility index (Phi) is 4.04. The van der Waals surface area contributed by atoms with Crippen molar-refractivity contribution in [2.24, 2.45) is 0 Å². The van der Waals surface area contributed by atoms with Gasteiger partial charge >= 0.3 is 0 Å². The number of hydrogen-bond acceptors (Lipinski definition) is 4.